The largest absolute Gasteiger partial charge is 0.146 e. The van der Waals surface area contributed by atoms with Crippen LogP contribution < -0.4 is 0 Å². The average molecular weight is 362 g/mol. The number of hydrogen-bond donors (Lipinski definition) is 0. The molecule has 2 aromatic rings. The summed E-state index contributed by atoms with van der Waals surface area (Å²) in [6, 6.07) is 4.37. The Morgan fingerprint density at radius 3 is 2.83 bits per heavy atom. The minimum absolute atomic E-state index is 0.266. The topological polar surface area (TPSA) is 0 Å². The summed E-state index contributed by atoms with van der Waals surface area (Å²) < 4.78 is 0. The molecule has 96 valence electrons. The summed E-state index contributed by atoms with van der Waals surface area (Å²) in [7, 11) is 0. The highest BCUT2D eigenvalue weighted by atomic mass is 79.9. The standard InChI is InChI=1S/C14H14BrClS2/c15-13(14-10(16)6-7-17-14)12-8-9-4-2-1-3-5-11(9)18-12/h6-8,13H,1-5H2. The molecule has 1 aliphatic carbocycles. The monoisotopic (exact) mass is 360 g/mol. The molecule has 0 amide bonds. The zero-order valence-corrected chi connectivity index (χ0v) is 13.9. The maximum atomic E-state index is 6.22. The Balaban J connectivity index is 1.91. The number of hydrogen-bond acceptors (Lipinski definition) is 2. The van der Waals surface area contributed by atoms with E-state index in [1.807, 2.05) is 17.4 Å². The molecule has 0 N–H and O–H groups in total. The Hall–Kier alpha value is 0.170. The smallest absolute Gasteiger partial charge is 0.0846 e. The van der Waals surface area contributed by atoms with Gasteiger partial charge in [-0.2, -0.15) is 0 Å². The number of alkyl halides is 1. The Bertz CT molecular complexity index is 520. The molecule has 0 spiro atoms. The van der Waals surface area contributed by atoms with Crippen molar-refractivity contribution >= 4 is 50.2 Å². The van der Waals surface area contributed by atoms with Gasteiger partial charge in [-0.3, -0.25) is 0 Å². The molecule has 1 unspecified atom stereocenters. The van der Waals surface area contributed by atoms with Gasteiger partial charge < -0.3 is 0 Å². The molecule has 0 bridgehead atoms. The molecule has 0 saturated carbocycles. The Labute approximate surface area is 129 Å². The maximum absolute atomic E-state index is 6.22. The van der Waals surface area contributed by atoms with E-state index in [0.717, 1.165) is 5.02 Å². The molecule has 0 radical (unpaired) electrons. The lowest BCUT2D eigenvalue weighted by atomic mass is 10.1. The molecule has 18 heavy (non-hydrogen) atoms. The van der Waals surface area contributed by atoms with Crippen molar-refractivity contribution in [1.82, 2.24) is 0 Å². The molecule has 0 nitrogen and oxygen atoms in total. The Morgan fingerprint density at radius 1 is 1.22 bits per heavy atom. The third-order valence-electron chi connectivity index (χ3n) is 3.39. The van der Waals surface area contributed by atoms with Crippen LogP contribution in [0.4, 0.5) is 0 Å². The van der Waals surface area contributed by atoms with Crippen LogP contribution in [0.3, 0.4) is 0 Å². The fourth-order valence-corrected chi connectivity index (χ4v) is 6.02. The molecular formula is C14H14BrClS2. The van der Waals surface area contributed by atoms with Crippen LogP contribution in [0, 0.1) is 0 Å². The molecule has 1 aliphatic rings. The first-order valence-corrected chi connectivity index (χ1v) is 9.23. The number of rotatable bonds is 2. The summed E-state index contributed by atoms with van der Waals surface area (Å²) in [6.07, 6.45) is 6.59. The molecule has 0 aromatic carbocycles. The molecular weight excluding hydrogens is 348 g/mol. The summed E-state index contributed by atoms with van der Waals surface area (Å²) in [6.45, 7) is 0. The van der Waals surface area contributed by atoms with Crippen LogP contribution in [0.5, 0.6) is 0 Å². The van der Waals surface area contributed by atoms with E-state index in [1.165, 1.54) is 41.9 Å². The van der Waals surface area contributed by atoms with Gasteiger partial charge in [-0.1, -0.05) is 34.0 Å². The van der Waals surface area contributed by atoms with Gasteiger partial charge in [-0.05, 0) is 48.8 Å². The first kappa shape index (κ1) is 13.2. The molecule has 1 atom stereocenters. The van der Waals surface area contributed by atoms with E-state index in [-0.39, 0.29) is 4.83 Å². The van der Waals surface area contributed by atoms with Crippen LogP contribution in [0.1, 0.15) is 44.3 Å². The van der Waals surface area contributed by atoms with Gasteiger partial charge >= 0.3 is 0 Å². The highest BCUT2D eigenvalue weighted by molar-refractivity contribution is 9.09. The van der Waals surface area contributed by atoms with E-state index in [9.17, 15) is 0 Å². The molecule has 2 heterocycles. The molecule has 0 aliphatic heterocycles. The van der Waals surface area contributed by atoms with Crippen molar-refractivity contribution < 1.29 is 0 Å². The van der Waals surface area contributed by atoms with Crippen molar-refractivity contribution in [2.75, 3.05) is 0 Å². The summed E-state index contributed by atoms with van der Waals surface area (Å²) in [5.74, 6) is 0. The second kappa shape index (κ2) is 5.66. The van der Waals surface area contributed by atoms with Gasteiger partial charge in [0, 0.05) is 14.6 Å². The lowest BCUT2D eigenvalue weighted by Crippen LogP contribution is -1.86. The van der Waals surface area contributed by atoms with Gasteiger partial charge in [0.2, 0.25) is 0 Å². The second-order valence-electron chi connectivity index (χ2n) is 4.65. The number of thiophene rings is 2. The predicted molar refractivity (Wildman–Crippen MR) is 85.7 cm³/mol. The zero-order valence-electron chi connectivity index (χ0n) is 9.92. The van der Waals surface area contributed by atoms with Crippen molar-refractivity contribution in [3.05, 3.63) is 42.7 Å². The molecule has 3 rings (SSSR count). The van der Waals surface area contributed by atoms with Crippen molar-refractivity contribution in [3.63, 3.8) is 0 Å². The SMILES string of the molecule is Clc1ccsc1C(Br)c1cc2c(s1)CCCCC2. The average Bonchev–Trinajstić information content (AvgIpc) is 2.90. The molecule has 0 saturated heterocycles. The summed E-state index contributed by atoms with van der Waals surface area (Å²) in [5.41, 5.74) is 1.57. The maximum Gasteiger partial charge on any atom is 0.0846 e. The van der Waals surface area contributed by atoms with Gasteiger partial charge in [0.1, 0.15) is 0 Å². The molecule has 2 aromatic heterocycles. The molecule has 0 fully saturated rings. The van der Waals surface area contributed by atoms with E-state index < -0.39 is 0 Å². The van der Waals surface area contributed by atoms with Gasteiger partial charge in [0.05, 0.1) is 9.85 Å². The second-order valence-corrected chi connectivity index (χ2v) is 8.09. The summed E-state index contributed by atoms with van der Waals surface area (Å²) in [5, 5.41) is 2.94. The summed E-state index contributed by atoms with van der Waals surface area (Å²) >= 11 is 13.7. The van der Waals surface area contributed by atoms with E-state index in [2.05, 4.69) is 27.4 Å². The van der Waals surface area contributed by atoms with E-state index >= 15 is 0 Å². The third-order valence-corrected chi connectivity index (χ3v) is 7.67. The predicted octanol–water partition coefficient (Wildman–Crippen LogP) is 6.22. The van der Waals surface area contributed by atoms with E-state index in [1.54, 1.807) is 21.8 Å². The van der Waals surface area contributed by atoms with Gasteiger partial charge in [-0.15, -0.1) is 22.7 Å². The lowest BCUT2D eigenvalue weighted by Gasteiger charge is -2.05. The minimum atomic E-state index is 0.266. The van der Waals surface area contributed by atoms with Crippen molar-refractivity contribution in [3.8, 4) is 0 Å². The van der Waals surface area contributed by atoms with Gasteiger partial charge in [0.15, 0.2) is 0 Å². The van der Waals surface area contributed by atoms with Crippen LogP contribution in [0.2, 0.25) is 5.02 Å². The van der Waals surface area contributed by atoms with Crippen LogP contribution >= 0.6 is 50.2 Å². The van der Waals surface area contributed by atoms with Crippen molar-refractivity contribution in [1.29, 1.82) is 0 Å². The Morgan fingerprint density at radius 2 is 2.06 bits per heavy atom. The fourth-order valence-electron chi connectivity index (χ4n) is 2.43. The zero-order chi connectivity index (χ0) is 12.5. The van der Waals surface area contributed by atoms with E-state index in [4.69, 9.17) is 11.6 Å². The first-order chi connectivity index (χ1) is 8.75. The van der Waals surface area contributed by atoms with Crippen LogP contribution in [-0.4, -0.2) is 0 Å². The number of fused-ring (bicyclic) bond motifs is 1. The van der Waals surface area contributed by atoms with Gasteiger partial charge in [0.25, 0.3) is 0 Å². The van der Waals surface area contributed by atoms with Crippen molar-refractivity contribution in [2.45, 2.75) is 36.9 Å². The summed E-state index contributed by atoms with van der Waals surface area (Å²) in [4.78, 5) is 4.50. The van der Waals surface area contributed by atoms with Crippen LogP contribution in [0.15, 0.2) is 17.5 Å². The van der Waals surface area contributed by atoms with E-state index in [0.29, 0.717) is 0 Å². The Kier molecular flexibility index (Phi) is 4.14. The fraction of sp³-hybridized carbons (Fsp3) is 0.429. The van der Waals surface area contributed by atoms with Crippen LogP contribution in [-0.2, 0) is 12.8 Å². The number of halogens is 2. The molecule has 4 heteroatoms. The highest BCUT2D eigenvalue weighted by Crippen LogP contribution is 2.43. The van der Waals surface area contributed by atoms with Gasteiger partial charge in [-0.25, -0.2) is 0 Å². The highest BCUT2D eigenvalue weighted by Gasteiger charge is 2.20. The van der Waals surface area contributed by atoms with Crippen molar-refractivity contribution in [2.24, 2.45) is 0 Å². The first-order valence-electron chi connectivity index (χ1n) is 6.24. The number of aryl methyl sites for hydroxylation is 2. The lowest BCUT2D eigenvalue weighted by molar-refractivity contribution is 0.712. The normalized spacial score (nSPS) is 17.2. The third kappa shape index (κ3) is 2.55. The minimum Gasteiger partial charge on any atom is -0.146 e. The quantitative estimate of drug-likeness (QED) is 0.440. The van der Waals surface area contributed by atoms with Crippen LogP contribution in [0.25, 0.3) is 0 Å².